The monoisotopic (exact) mass is 375 g/mol. The Morgan fingerprint density at radius 2 is 2.28 bits per heavy atom. The standard InChI is InChI=1S/C12H15Br2N3O/c1-3-5-17-11(9(13)7-16-17)10(15-2)8-4-6-18-12(8)14/h4,6-7,10,15H,3,5H2,1-2H3. The van der Waals surface area contributed by atoms with Gasteiger partial charge in [0.2, 0.25) is 0 Å². The van der Waals surface area contributed by atoms with E-state index in [-0.39, 0.29) is 6.04 Å². The lowest BCUT2D eigenvalue weighted by molar-refractivity contribution is 0.511. The Hall–Kier alpha value is -0.590. The topological polar surface area (TPSA) is 43.0 Å². The number of nitrogens with zero attached hydrogens (tertiary/aromatic N) is 2. The third-order valence-corrected chi connectivity index (χ3v) is 4.04. The molecule has 0 amide bonds. The zero-order valence-electron chi connectivity index (χ0n) is 10.3. The molecule has 2 heterocycles. The maximum atomic E-state index is 5.32. The Kier molecular flexibility index (Phi) is 4.64. The molecule has 2 rings (SSSR count). The van der Waals surface area contributed by atoms with Crippen LogP contribution in [0.15, 0.2) is 32.1 Å². The molecule has 0 aromatic carbocycles. The Morgan fingerprint density at radius 1 is 1.50 bits per heavy atom. The number of hydrogen-bond donors (Lipinski definition) is 1. The molecule has 0 aliphatic heterocycles. The van der Waals surface area contributed by atoms with Gasteiger partial charge >= 0.3 is 0 Å². The zero-order valence-corrected chi connectivity index (χ0v) is 13.5. The molecule has 0 bridgehead atoms. The van der Waals surface area contributed by atoms with Gasteiger partial charge in [0.25, 0.3) is 0 Å². The van der Waals surface area contributed by atoms with Gasteiger partial charge in [-0.05, 0) is 51.4 Å². The highest BCUT2D eigenvalue weighted by Gasteiger charge is 2.23. The minimum atomic E-state index is 0.0431. The summed E-state index contributed by atoms with van der Waals surface area (Å²) in [5, 5.41) is 7.70. The van der Waals surface area contributed by atoms with Crippen LogP contribution in [0, 0.1) is 0 Å². The molecule has 4 nitrogen and oxygen atoms in total. The van der Waals surface area contributed by atoms with Crippen LogP contribution in [0.5, 0.6) is 0 Å². The maximum Gasteiger partial charge on any atom is 0.174 e. The Bertz CT molecular complexity index is 521. The minimum absolute atomic E-state index is 0.0431. The van der Waals surface area contributed by atoms with Gasteiger partial charge in [0.15, 0.2) is 4.67 Å². The predicted molar refractivity (Wildman–Crippen MR) is 77.5 cm³/mol. The second-order valence-corrected chi connectivity index (χ2v) is 5.55. The van der Waals surface area contributed by atoms with E-state index in [0.29, 0.717) is 0 Å². The second-order valence-electron chi connectivity index (χ2n) is 3.97. The largest absolute Gasteiger partial charge is 0.457 e. The molecular formula is C12H15Br2N3O. The van der Waals surface area contributed by atoms with Crippen LogP contribution in [0.25, 0.3) is 0 Å². The van der Waals surface area contributed by atoms with E-state index in [9.17, 15) is 0 Å². The van der Waals surface area contributed by atoms with Crippen molar-refractivity contribution >= 4 is 31.9 Å². The minimum Gasteiger partial charge on any atom is -0.457 e. The fraction of sp³-hybridized carbons (Fsp3) is 0.417. The van der Waals surface area contributed by atoms with Crippen molar-refractivity contribution in [3.8, 4) is 0 Å². The molecule has 0 saturated heterocycles. The van der Waals surface area contributed by atoms with Gasteiger partial charge in [-0.25, -0.2) is 0 Å². The molecule has 0 radical (unpaired) electrons. The molecule has 98 valence electrons. The Morgan fingerprint density at radius 3 is 2.83 bits per heavy atom. The normalized spacial score (nSPS) is 12.9. The van der Waals surface area contributed by atoms with E-state index in [0.717, 1.165) is 33.4 Å². The third-order valence-electron chi connectivity index (χ3n) is 2.79. The summed E-state index contributed by atoms with van der Waals surface area (Å²) < 4.78 is 9.09. The summed E-state index contributed by atoms with van der Waals surface area (Å²) in [6.07, 6.45) is 4.56. The van der Waals surface area contributed by atoms with Crippen LogP contribution < -0.4 is 5.32 Å². The summed E-state index contributed by atoms with van der Waals surface area (Å²) in [5.74, 6) is 0. The number of halogens is 2. The molecule has 1 atom stereocenters. The smallest absolute Gasteiger partial charge is 0.174 e. The first kappa shape index (κ1) is 13.8. The first-order valence-corrected chi connectivity index (χ1v) is 7.39. The lowest BCUT2D eigenvalue weighted by atomic mass is 10.1. The summed E-state index contributed by atoms with van der Waals surface area (Å²) in [5.41, 5.74) is 2.18. The molecular weight excluding hydrogens is 362 g/mol. The maximum absolute atomic E-state index is 5.32. The van der Waals surface area contributed by atoms with Gasteiger partial charge in [-0.3, -0.25) is 4.68 Å². The van der Waals surface area contributed by atoms with Gasteiger partial charge in [0.1, 0.15) is 0 Å². The number of nitrogens with one attached hydrogen (secondary N) is 1. The summed E-state index contributed by atoms with van der Waals surface area (Å²) in [4.78, 5) is 0. The van der Waals surface area contributed by atoms with Crippen molar-refractivity contribution in [2.24, 2.45) is 0 Å². The van der Waals surface area contributed by atoms with Crippen molar-refractivity contribution in [2.75, 3.05) is 7.05 Å². The number of hydrogen-bond acceptors (Lipinski definition) is 3. The van der Waals surface area contributed by atoms with Crippen LogP contribution in [0.3, 0.4) is 0 Å². The van der Waals surface area contributed by atoms with Gasteiger partial charge < -0.3 is 9.73 Å². The van der Waals surface area contributed by atoms with E-state index >= 15 is 0 Å². The van der Waals surface area contributed by atoms with Crippen LogP contribution in [0.1, 0.15) is 30.6 Å². The lowest BCUT2D eigenvalue weighted by Crippen LogP contribution is -2.22. The fourth-order valence-corrected chi connectivity index (χ4v) is 2.99. The van der Waals surface area contributed by atoms with Crippen LogP contribution in [0.2, 0.25) is 0 Å². The average Bonchev–Trinajstić information content (AvgIpc) is 2.91. The summed E-state index contributed by atoms with van der Waals surface area (Å²) in [7, 11) is 1.93. The third kappa shape index (κ3) is 2.55. The number of rotatable bonds is 5. The van der Waals surface area contributed by atoms with Crippen LogP contribution in [0.4, 0.5) is 0 Å². The first-order valence-electron chi connectivity index (χ1n) is 5.80. The Balaban J connectivity index is 2.45. The number of aryl methyl sites for hydroxylation is 1. The quantitative estimate of drug-likeness (QED) is 0.864. The van der Waals surface area contributed by atoms with Crippen molar-refractivity contribution in [3.05, 3.63) is 38.9 Å². The van der Waals surface area contributed by atoms with Crippen molar-refractivity contribution < 1.29 is 4.42 Å². The highest BCUT2D eigenvalue weighted by atomic mass is 79.9. The van der Waals surface area contributed by atoms with Crippen LogP contribution >= 0.6 is 31.9 Å². The second kappa shape index (κ2) is 6.04. The molecule has 0 aliphatic carbocycles. The van der Waals surface area contributed by atoms with E-state index in [1.165, 1.54) is 0 Å². The molecule has 1 unspecified atom stereocenters. The SMILES string of the molecule is CCCn1ncc(Br)c1C(NC)c1ccoc1Br. The lowest BCUT2D eigenvalue weighted by Gasteiger charge is -2.18. The molecule has 1 N–H and O–H groups in total. The molecule has 0 aliphatic rings. The van der Waals surface area contributed by atoms with Crippen molar-refractivity contribution in [1.82, 2.24) is 15.1 Å². The van der Waals surface area contributed by atoms with E-state index in [4.69, 9.17) is 4.42 Å². The van der Waals surface area contributed by atoms with Gasteiger partial charge in [0, 0.05) is 12.1 Å². The number of aromatic nitrogens is 2. The molecule has 0 fully saturated rings. The summed E-state index contributed by atoms with van der Waals surface area (Å²) in [6.45, 7) is 3.04. The highest BCUT2D eigenvalue weighted by molar-refractivity contribution is 9.10. The predicted octanol–water partition coefficient (Wildman–Crippen LogP) is 3.72. The van der Waals surface area contributed by atoms with Gasteiger partial charge in [-0.1, -0.05) is 6.92 Å². The molecule has 2 aromatic heterocycles. The van der Waals surface area contributed by atoms with Gasteiger partial charge in [-0.15, -0.1) is 0 Å². The first-order chi connectivity index (χ1) is 8.69. The van der Waals surface area contributed by atoms with Crippen molar-refractivity contribution in [1.29, 1.82) is 0 Å². The molecule has 6 heteroatoms. The molecule has 0 spiro atoms. The van der Waals surface area contributed by atoms with Crippen LogP contribution in [-0.2, 0) is 6.54 Å². The average molecular weight is 377 g/mol. The van der Waals surface area contributed by atoms with E-state index in [2.05, 4.69) is 49.2 Å². The van der Waals surface area contributed by atoms with E-state index in [1.807, 2.05) is 24.0 Å². The molecule has 2 aromatic rings. The fourth-order valence-electron chi connectivity index (χ4n) is 2.00. The van der Waals surface area contributed by atoms with Gasteiger partial charge in [-0.2, -0.15) is 5.10 Å². The van der Waals surface area contributed by atoms with E-state index in [1.54, 1.807) is 6.26 Å². The number of furan rings is 1. The highest BCUT2D eigenvalue weighted by Crippen LogP contribution is 2.33. The van der Waals surface area contributed by atoms with Gasteiger partial charge in [0.05, 0.1) is 28.7 Å². The van der Waals surface area contributed by atoms with Crippen molar-refractivity contribution in [3.63, 3.8) is 0 Å². The molecule has 0 saturated carbocycles. The Labute approximate surface area is 123 Å². The van der Waals surface area contributed by atoms with Crippen LogP contribution in [-0.4, -0.2) is 16.8 Å². The summed E-state index contributed by atoms with van der Waals surface area (Å²) in [6, 6.07) is 2.00. The van der Waals surface area contributed by atoms with Crippen molar-refractivity contribution in [2.45, 2.75) is 25.9 Å². The molecule has 18 heavy (non-hydrogen) atoms. The zero-order chi connectivity index (χ0) is 13.1. The van der Waals surface area contributed by atoms with E-state index < -0.39 is 0 Å². The summed E-state index contributed by atoms with van der Waals surface area (Å²) >= 11 is 7.00.